The highest BCUT2D eigenvalue weighted by molar-refractivity contribution is 5.81. The molecule has 0 atom stereocenters. The van der Waals surface area contributed by atoms with Crippen LogP contribution in [0.5, 0.6) is 5.75 Å². The molecule has 1 aromatic carbocycles. The molecule has 146 valence electrons. The molecule has 0 saturated heterocycles. The first-order chi connectivity index (χ1) is 13.5. The Kier molecular flexibility index (Phi) is 7.21. The molecule has 2 aromatic rings. The van der Waals surface area contributed by atoms with E-state index in [-0.39, 0.29) is 0 Å². The number of phenols is 1. The number of hydrogen-bond donors (Lipinski definition) is 5. The molecule has 0 bridgehead atoms. The zero-order valence-electron chi connectivity index (χ0n) is 16.0. The fraction of sp³-hybridized carbons (Fsp3) is 0.143. The molecule has 0 unspecified atom stereocenters. The van der Waals surface area contributed by atoms with Crippen LogP contribution in [0.3, 0.4) is 0 Å². The van der Waals surface area contributed by atoms with Crippen molar-refractivity contribution < 1.29 is 15.0 Å². The first-order valence-electron chi connectivity index (χ1n) is 8.75. The smallest absolute Gasteiger partial charge is 0.241 e. The number of aromatic nitrogens is 2. The van der Waals surface area contributed by atoms with Gasteiger partial charge in [-0.2, -0.15) is 5.10 Å². The Hall–Kier alpha value is -3.74. The van der Waals surface area contributed by atoms with Gasteiger partial charge < -0.3 is 21.5 Å². The molecule has 28 heavy (non-hydrogen) atoms. The predicted molar refractivity (Wildman–Crippen MR) is 113 cm³/mol. The predicted octanol–water partition coefficient (Wildman–Crippen LogP) is 2.29. The topological polar surface area (TPSA) is 117 Å². The number of carbonyl (C=O) groups is 1. The van der Waals surface area contributed by atoms with Crippen LogP contribution < -0.4 is 21.5 Å². The van der Waals surface area contributed by atoms with Crippen LogP contribution >= 0.6 is 0 Å². The van der Waals surface area contributed by atoms with Crippen molar-refractivity contribution in [2.75, 3.05) is 18.9 Å². The largest absolute Gasteiger partial charge is 0.508 e. The number of allylic oxidation sites excluding steroid dienone is 4. The Labute approximate surface area is 164 Å². The molecule has 1 aliphatic rings. The lowest BCUT2D eigenvalue weighted by molar-refractivity contribution is -0.452. The van der Waals surface area contributed by atoms with Crippen LogP contribution in [0, 0.1) is 0 Å². The lowest BCUT2D eigenvalue weighted by Crippen LogP contribution is -2.23. The summed E-state index contributed by atoms with van der Waals surface area (Å²) < 4.78 is 0. The van der Waals surface area contributed by atoms with E-state index in [0.717, 1.165) is 34.5 Å². The molecule has 1 aromatic heterocycles. The number of rotatable bonds is 5. The molecular weight excluding hydrogens is 354 g/mol. The maximum atomic E-state index is 10.7. The molecule has 3 rings (SSSR count). The van der Waals surface area contributed by atoms with E-state index < -0.39 is 0 Å². The number of hydrogen-bond acceptors (Lipinski definition) is 5. The second-order valence-corrected chi connectivity index (χ2v) is 6.13. The first-order valence-corrected chi connectivity index (χ1v) is 8.75. The molecule has 7 heteroatoms. The summed E-state index contributed by atoms with van der Waals surface area (Å²) in [5.41, 5.74) is 11.8. The van der Waals surface area contributed by atoms with Gasteiger partial charge in [0.25, 0.3) is 0 Å². The number of nitrogens with two attached hydrogens (primary N) is 1. The second kappa shape index (κ2) is 9.82. The van der Waals surface area contributed by atoms with Gasteiger partial charge in [-0.15, -0.1) is 5.10 Å². The van der Waals surface area contributed by atoms with Gasteiger partial charge in [0.05, 0.1) is 11.3 Å². The lowest BCUT2D eigenvalue weighted by Gasteiger charge is -2.10. The van der Waals surface area contributed by atoms with Crippen molar-refractivity contribution in [1.82, 2.24) is 10.4 Å². The van der Waals surface area contributed by atoms with Crippen LogP contribution in [0.1, 0.15) is 23.9 Å². The Morgan fingerprint density at radius 1 is 1.39 bits per heavy atom. The molecule has 0 spiro atoms. The fourth-order valence-corrected chi connectivity index (χ4v) is 2.61. The van der Waals surface area contributed by atoms with Crippen molar-refractivity contribution in [2.24, 2.45) is 5.73 Å². The van der Waals surface area contributed by atoms with Crippen molar-refractivity contribution >= 4 is 29.7 Å². The third kappa shape index (κ3) is 5.38. The second-order valence-electron chi connectivity index (χ2n) is 6.13. The van der Waals surface area contributed by atoms with E-state index in [1.54, 1.807) is 30.4 Å². The molecule has 7 nitrogen and oxygen atoms in total. The van der Waals surface area contributed by atoms with Crippen LogP contribution in [-0.2, 0) is 4.79 Å². The minimum atomic E-state index is 0.293. The van der Waals surface area contributed by atoms with Gasteiger partial charge in [0, 0.05) is 36.6 Å². The number of benzene rings is 1. The maximum Gasteiger partial charge on any atom is 0.241 e. The standard InChI is InChI=1S/C14H16N4O.C7H9NO/c1-3-13-12(6-9(2)15)14(18-17-13)10-4-5-11(8-19)16-7-10;1-8-6-3-2-4-7(9)5-6/h3-6,8,16H,1,7,15H2,2H3,(H,17,18);2-5,8-9H,1H3/p+1/b9-6+;. The molecule has 0 fully saturated rings. The third-order valence-corrected chi connectivity index (χ3v) is 3.99. The Balaban J connectivity index is 0.000000261. The number of aldehydes is 1. The van der Waals surface area contributed by atoms with E-state index in [9.17, 15) is 4.79 Å². The summed E-state index contributed by atoms with van der Waals surface area (Å²) in [6, 6.07) is 6.99. The average molecular weight is 380 g/mol. The lowest BCUT2D eigenvalue weighted by atomic mass is 10.0. The molecule has 0 radical (unpaired) electrons. The van der Waals surface area contributed by atoms with Crippen LogP contribution in [0.4, 0.5) is 5.69 Å². The summed E-state index contributed by atoms with van der Waals surface area (Å²) in [5.74, 6) is 0.293. The molecule has 1 aliphatic heterocycles. The summed E-state index contributed by atoms with van der Waals surface area (Å²) in [4.78, 5) is 10.7. The summed E-state index contributed by atoms with van der Waals surface area (Å²) in [7, 11) is 1.81. The Bertz CT molecular complexity index is 934. The zero-order chi connectivity index (χ0) is 20.5. The zero-order valence-corrected chi connectivity index (χ0v) is 16.0. The summed E-state index contributed by atoms with van der Waals surface area (Å²) in [5, 5.41) is 21.0. The molecule has 7 N–H and O–H groups in total. The average Bonchev–Trinajstić information content (AvgIpc) is 3.10. The summed E-state index contributed by atoms with van der Waals surface area (Å²) in [6.45, 7) is 6.19. The van der Waals surface area contributed by atoms with E-state index in [4.69, 9.17) is 10.8 Å². The highest BCUT2D eigenvalue weighted by Crippen LogP contribution is 2.22. The SMILES string of the molecule is C=Cc1[nH][nH+]c(C2=CC=C(C=O)NC2)c1/C=C(\C)N.CNc1cccc(O)c1. The van der Waals surface area contributed by atoms with E-state index in [0.29, 0.717) is 23.7 Å². The van der Waals surface area contributed by atoms with Gasteiger partial charge in [-0.3, -0.25) is 4.79 Å². The van der Waals surface area contributed by atoms with Crippen LogP contribution in [-0.4, -0.2) is 30.1 Å². The van der Waals surface area contributed by atoms with Crippen molar-refractivity contribution in [2.45, 2.75) is 6.92 Å². The van der Waals surface area contributed by atoms with Gasteiger partial charge >= 0.3 is 0 Å². The van der Waals surface area contributed by atoms with Crippen molar-refractivity contribution in [3.05, 3.63) is 71.3 Å². The number of aromatic hydroxyl groups is 1. The maximum absolute atomic E-state index is 10.7. The van der Waals surface area contributed by atoms with Crippen LogP contribution in [0.25, 0.3) is 17.7 Å². The van der Waals surface area contributed by atoms with Gasteiger partial charge in [-0.05, 0) is 43.4 Å². The monoisotopic (exact) mass is 380 g/mol. The van der Waals surface area contributed by atoms with Gasteiger partial charge in [0.15, 0.2) is 6.29 Å². The third-order valence-electron chi connectivity index (χ3n) is 3.99. The quantitative estimate of drug-likeness (QED) is 0.510. The molecule has 0 amide bonds. The normalized spacial score (nSPS) is 13.3. The van der Waals surface area contributed by atoms with Gasteiger partial charge in [0.2, 0.25) is 5.69 Å². The number of anilines is 1. The van der Waals surface area contributed by atoms with E-state index in [1.807, 2.05) is 32.2 Å². The van der Waals surface area contributed by atoms with E-state index >= 15 is 0 Å². The highest BCUT2D eigenvalue weighted by atomic mass is 16.3. The van der Waals surface area contributed by atoms with Gasteiger partial charge in [0.1, 0.15) is 11.4 Å². The van der Waals surface area contributed by atoms with Crippen molar-refractivity contribution in [3.8, 4) is 5.75 Å². The number of dihydropyridines is 1. The molecule has 2 heterocycles. The molecule has 0 aliphatic carbocycles. The van der Waals surface area contributed by atoms with Crippen molar-refractivity contribution in [1.29, 1.82) is 0 Å². The van der Waals surface area contributed by atoms with E-state index in [2.05, 4.69) is 27.4 Å². The van der Waals surface area contributed by atoms with Crippen molar-refractivity contribution in [3.63, 3.8) is 0 Å². The van der Waals surface area contributed by atoms with Gasteiger partial charge in [-0.25, -0.2) is 0 Å². The number of nitrogens with one attached hydrogen (secondary N) is 4. The van der Waals surface area contributed by atoms with Crippen LogP contribution in [0.2, 0.25) is 0 Å². The Morgan fingerprint density at radius 3 is 2.68 bits per heavy atom. The number of aromatic amines is 2. The van der Waals surface area contributed by atoms with Gasteiger partial charge in [-0.1, -0.05) is 12.6 Å². The minimum Gasteiger partial charge on any atom is -0.508 e. The van der Waals surface area contributed by atoms with Crippen LogP contribution in [0.15, 0.2) is 54.4 Å². The summed E-state index contributed by atoms with van der Waals surface area (Å²) in [6.07, 6.45) is 8.09. The highest BCUT2D eigenvalue weighted by Gasteiger charge is 2.21. The summed E-state index contributed by atoms with van der Waals surface area (Å²) >= 11 is 0. The van der Waals surface area contributed by atoms with E-state index in [1.165, 1.54) is 0 Å². The fourth-order valence-electron chi connectivity index (χ4n) is 2.61. The number of H-pyrrole nitrogens is 2. The number of phenolic OH excluding ortho intramolecular Hbond substituents is 1. The minimum absolute atomic E-state index is 0.293. The number of carbonyl (C=O) groups excluding carboxylic acids is 1. The Morgan fingerprint density at radius 2 is 2.18 bits per heavy atom. The molecule has 0 saturated carbocycles. The first kappa shape index (κ1) is 20.6. The molecular formula is C21H26N5O2+.